The van der Waals surface area contributed by atoms with Crippen molar-refractivity contribution in [3.05, 3.63) is 0 Å². The molecule has 0 aromatic carbocycles. The molecule has 0 aromatic rings. The van der Waals surface area contributed by atoms with Crippen molar-refractivity contribution in [2.45, 2.75) is 78.1 Å². The summed E-state index contributed by atoms with van der Waals surface area (Å²) < 4.78 is 15.7. The quantitative estimate of drug-likeness (QED) is 0.201. The van der Waals surface area contributed by atoms with E-state index in [1.807, 2.05) is 0 Å². The van der Waals surface area contributed by atoms with E-state index in [2.05, 4.69) is 21.6 Å². The maximum absolute atomic E-state index is 11.3. The van der Waals surface area contributed by atoms with Crippen molar-refractivity contribution in [2.24, 2.45) is 0 Å². The highest BCUT2D eigenvalue weighted by molar-refractivity contribution is 7.50. The molecule has 0 radical (unpaired) electrons. The number of rotatable bonds is 15. The van der Waals surface area contributed by atoms with Crippen LogP contribution in [0.2, 0.25) is 0 Å². The maximum Gasteiger partial charge on any atom is 0.430 e. The molecule has 0 aromatic heterocycles. The Hall–Kier alpha value is 0.0700. The van der Waals surface area contributed by atoms with E-state index in [1.54, 1.807) is 6.92 Å². The number of hydrogen-bond acceptors (Lipinski definition) is 3. The van der Waals surface area contributed by atoms with Gasteiger partial charge in [-0.3, -0.25) is 0 Å². The molecule has 0 aliphatic carbocycles. The van der Waals surface area contributed by atoms with E-state index < -0.39 is 7.75 Å². The van der Waals surface area contributed by atoms with E-state index in [9.17, 15) is 9.46 Å². The lowest BCUT2D eigenvalue weighted by molar-refractivity contribution is -0.210. The summed E-state index contributed by atoms with van der Waals surface area (Å²) in [5.74, 6) is 0. The molecule has 0 heterocycles. The Morgan fingerprint density at radius 1 is 0.900 bits per heavy atom. The molecule has 0 fully saturated rings. The van der Waals surface area contributed by atoms with Gasteiger partial charge in [0.05, 0.1) is 6.61 Å². The summed E-state index contributed by atoms with van der Waals surface area (Å²) >= 11 is 0. The standard InChI is InChI=1S/C14H32NO4P/c1-3-5-6-7-8-9-10-11-12-13-14-15-20(16,17)19-18-4-2/h3-14H2,1-2H3,(H2,15,16,17). The lowest BCUT2D eigenvalue weighted by Crippen LogP contribution is -2.14. The second kappa shape index (κ2) is 14.0. The first kappa shape index (κ1) is 20.1. The summed E-state index contributed by atoms with van der Waals surface area (Å²) in [7, 11) is -3.76. The van der Waals surface area contributed by atoms with Gasteiger partial charge >= 0.3 is 7.75 Å². The third kappa shape index (κ3) is 14.5. The summed E-state index contributed by atoms with van der Waals surface area (Å²) in [6, 6.07) is 0. The molecule has 0 amide bonds. The van der Waals surface area contributed by atoms with Crippen molar-refractivity contribution < 1.29 is 19.0 Å². The Bertz CT molecular complexity index is 251. The summed E-state index contributed by atoms with van der Waals surface area (Å²) in [6.45, 7) is 4.67. The normalized spacial score (nSPS) is 14.3. The van der Waals surface area contributed by atoms with Crippen LogP contribution >= 0.6 is 7.75 Å². The highest BCUT2D eigenvalue weighted by Crippen LogP contribution is 2.36. The van der Waals surface area contributed by atoms with Crippen molar-refractivity contribution >= 4 is 7.75 Å². The van der Waals surface area contributed by atoms with Crippen LogP contribution in [-0.4, -0.2) is 18.0 Å². The molecule has 20 heavy (non-hydrogen) atoms. The van der Waals surface area contributed by atoms with Gasteiger partial charge in [-0.05, 0) is 13.3 Å². The van der Waals surface area contributed by atoms with Crippen molar-refractivity contribution in [1.29, 1.82) is 0 Å². The first-order valence-corrected chi connectivity index (χ1v) is 9.59. The van der Waals surface area contributed by atoms with Gasteiger partial charge in [0.25, 0.3) is 0 Å². The van der Waals surface area contributed by atoms with Crippen LogP contribution in [-0.2, 0) is 14.1 Å². The van der Waals surface area contributed by atoms with Gasteiger partial charge in [-0.2, -0.15) is 0 Å². The summed E-state index contributed by atoms with van der Waals surface area (Å²) in [4.78, 5) is 13.8. The predicted octanol–water partition coefficient (Wildman–Crippen LogP) is 4.57. The van der Waals surface area contributed by atoms with Crippen LogP contribution < -0.4 is 5.09 Å². The monoisotopic (exact) mass is 309 g/mol. The van der Waals surface area contributed by atoms with Crippen LogP contribution in [0.5, 0.6) is 0 Å². The lowest BCUT2D eigenvalue weighted by Gasteiger charge is -2.11. The largest absolute Gasteiger partial charge is 0.430 e. The number of unbranched alkanes of at least 4 members (excludes halogenated alkanes) is 9. The third-order valence-corrected chi connectivity index (χ3v) is 4.04. The molecule has 0 aliphatic rings. The first-order valence-electron chi connectivity index (χ1n) is 8.01. The van der Waals surface area contributed by atoms with Gasteiger partial charge < -0.3 is 4.89 Å². The molecule has 0 saturated carbocycles. The van der Waals surface area contributed by atoms with Gasteiger partial charge in [-0.15, -0.1) is 4.67 Å². The van der Waals surface area contributed by atoms with E-state index in [4.69, 9.17) is 0 Å². The topological polar surface area (TPSA) is 67.8 Å². The molecule has 5 nitrogen and oxygen atoms in total. The van der Waals surface area contributed by atoms with Crippen molar-refractivity contribution in [3.8, 4) is 0 Å². The van der Waals surface area contributed by atoms with Crippen LogP contribution in [0.4, 0.5) is 0 Å². The molecule has 0 saturated heterocycles. The molecule has 122 valence electrons. The molecular formula is C14H32NO4P. The van der Waals surface area contributed by atoms with Gasteiger partial charge in [0.1, 0.15) is 0 Å². The number of nitrogens with one attached hydrogen (secondary N) is 1. The van der Waals surface area contributed by atoms with Crippen molar-refractivity contribution in [1.82, 2.24) is 5.09 Å². The molecular weight excluding hydrogens is 277 g/mol. The summed E-state index contributed by atoms with van der Waals surface area (Å²) in [6.07, 6.45) is 12.5. The fourth-order valence-electron chi connectivity index (χ4n) is 1.98. The molecule has 0 spiro atoms. The molecule has 6 heteroatoms. The second-order valence-electron chi connectivity index (χ2n) is 5.09. The predicted molar refractivity (Wildman–Crippen MR) is 82.4 cm³/mol. The zero-order valence-corrected chi connectivity index (χ0v) is 14.0. The van der Waals surface area contributed by atoms with Crippen LogP contribution in [0.1, 0.15) is 78.1 Å². The van der Waals surface area contributed by atoms with Crippen LogP contribution in [0.15, 0.2) is 0 Å². The van der Waals surface area contributed by atoms with Gasteiger partial charge in [0.2, 0.25) is 0 Å². The Balaban J connectivity index is 3.22. The van der Waals surface area contributed by atoms with Gasteiger partial charge in [0, 0.05) is 6.54 Å². The van der Waals surface area contributed by atoms with Crippen LogP contribution in [0, 0.1) is 0 Å². The average molecular weight is 309 g/mol. The minimum atomic E-state index is -3.76. The SMILES string of the molecule is CCCCCCCCCCCCNP(=O)(O)OOCC. The molecule has 0 bridgehead atoms. The highest BCUT2D eigenvalue weighted by atomic mass is 31.2. The summed E-state index contributed by atoms with van der Waals surface area (Å²) in [5, 5.41) is 2.48. The molecule has 1 atom stereocenters. The lowest BCUT2D eigenvalue weighted by atomic mass is 10.1. The van der Waals surface area contributed by atoms with Crippen LogP contribution in [0.25, 0.3) is 0 Å². The fraction of sp³-hybridized carbons (Fsp3) is 1.00. The first-order chi connectivity index (χ1) is 9.62. The van der Waals surface area contributed by atoms with Crippen molar-refractivity contribution in [3.63, 3.8) is 0 Å². The zero-order chi connectivity index (χ0) is 15.1. The smallest absolute Gasteiger partial charge is 0.311 e. The highest BCUT2D eigenvalue weighted by Gasteiger charge is 2.18. The Labute approximate surface area is 124 Å². The van der Waals surface area contributed by atoms with Gasteiger partial charge in [-0.1, -0.05) is 64.7 Å². The molecule has 1 unspecified atom stereocenters. The van der Waals surface area contributed by atoms with E-state index >= 15 is 0 Å². The molecule has 0 aliphatic heterocycles. The molecule has 2 N–H and O–H groups in total. The van der Waals surface area contributed by atoms with E-state index in [0.717, 1.165) is 12.8 Å². The fourth-order valence-corrected chi connectivity index (χ4v) is 2.72. The van der Waals surface area contributed by atoms with Crippen LogP contribution in [0.3, 0.4) is 0 Å². The molecule has 0 rings (SSSR count). The average Bonchev–Trinajstić information content (AvgIpc) is 2.42. The third-order valence-electron chi connectivity index (χ3n) is 3.11. The minimum absolute atomic E-state index is 0.254. The number of hydrogen-bond donors (Lipinski definition) is 2. The second-order valence-corrected chi connectivity index (χ2v) is 6.60. The van der Waals surface area contributed by atoms with E-state index in [-0.39, 0.29) is 6.61 Å². The van der Waals surface area contributed by atoms with E-state index in [0.29, 0.717) is 6.54 Å². The zero-order valence-electron chi connectivity index (χ0n) is 13.1. The Kier molecular flexibility index (Phi) is 14.1. The Morgan fingerprint density at radius 3 is 1.90 bits per heavy atom. The summed E-state index contributed by atoms with van der Waals surface area (Å²) in [5.41, 5.74) is 0. The minimum Gasteiger partial charge on any atom is -0.311 e. The maximum atomic E-state index is 11.3. The van der Waals surface area contributed by atoms with E-state index in [1.165, 1.54) is 51.4 Å². The van der Waals surface area contributed by atoms with Gasteiger partial charge in [-0.25, -0.2) is 14.5 Å². The van der Waals surface area contributed by atoms with Gasteiger partial charge in [0.15, 0.2) is 0 Å². The van der Waals surface area contributed by atoms with Crippen molar-refractivity contribution in [2.75, 3.05) is 13.2 Å². The Morgan fingerprint density at radius 2 is 1.40 bits per heavy atom.